The van der Waals surface area contributed by atoms with Crippen molar-refractivity contribution in [2.45, 2.75) is 116 Å². The van der Waals surface area contributed by atoms with Crippen LogP contribution in [0.4, 0.5) is 0 Å². The number of imidazole rings is 1. The number of aryl methyl sites for hydroxylation is 1. The lowest BCUT2D eigenvalue weighted by molar-refractivity contribution is -0.0295. The maximum Gasteiger partial charge on any atom is 0.0945 e. The number of ether oxygens (including phenoxy) is 2. The molecule has 0 spiro atoms. The molecule has 0 saturated carbocycles. The van der Waals surface area contributed by atoms with Crippen molar-refractivity contribution in [2.75, 3.05) is 13.2 Å². The number of rotatable bonds is 22. The fraction of sp³-hybridized carbons (Fsp3) is 0.690. The van der Waals surface area contributed by atoms with Crippen molar-refractivity contribution in [3.05, 3.63) is 54.6 Å². The lowest BCUT2D eigenvalue weighted by Gasteiger charge is -2.17. The maximum atomic E-state index is 6.07. The van der Waals surface area contributed by atoms with Crippen molar-refractivity contribution < 1.29 is 9.47 Å². The van der Waals surface area contributed by atoms with Crippen LogP contribution in [-0.4, -0.2) is 28.9 Å². The second-order valence-corrected chi connectivity index (χ2v) is 9.33. The molecule has 0 bridgehead atoms. The van der Waals surface area contributed by atoms with E-state index in [-0.39, 0.29) is 6.10 Å². The number of aromatic nitrogens is 2. The molecule has 1 aromatic carbocycles. The minimum atomic E-state index is 0.215. The highest BCUT2D eigenvalue weighted by molar-refractivity contribution is 5.13. The molecule has 2 aromatic rings. The Labute approximate surface area is 203 Å². The van der Waals surface area contributed by atoms with Crippen LogP contribution in [0.3, 0.4) is 0 Å². The van der Waals surface area contributed by atoms with Crippen molar-refractivity contribution in [2.24, 2.45) is 0 Å². The molecule has 0 amide bonds. The van der Waals surface area contributed by atoms with Gasteiger partial charge < -0.3 is 14.0 Å². The minimum Gasteiger partial charge on any atom is -0.379 e. The summed E-state index contributed by atoms with van der Waals surface area (Å²) in [4.78, 5) is 4.09. The summed E-state index contributed by atoms with van der Waals surface area (Å²) < 4.78 is 14.2. The zero-order valence-corrected chi connectivity index (χ0v) is 21.1. The van der Waals surface area contributed by atoms with Gasteiger partial charge in [0.05, 0.1) is 25.6 Å². The van der Waals surface area contributed by atoms with Crippen molar-refractivity contribution in [3.8, 4) is 0 Å². The van der Waals surface area contributed by atoms with Crippen LogP contribution in [0.25, 0.3) is 0 Å². The molecular weight excluding hydrogens is 408 g/mol. The molecule has 0 N–H and O–H groups in total. The summed E-state index contributed by atoms with van der Waals surface area (Å²) in [5.74, 6) is 0. The summed E-state index contributed by atoms with van der Waals surface area (Å²) in [5.41, 5.74) is 1.24. The Bertz CT molecular complexity index is 645. The Kier molecular flexibility index (Phi) is 16.5. The van der Waals surface area contributed by atoms with Gasteiger partial charge in [0.1, 0.15) is 0 Å². The first-order valence-corrected chi connectivity index (χ1v) is 13.6. The van der Waals surface area contributed by atoms with E-state index in [1.165, 1.54) is 82.6 Å². The second-order valence-electron chi connectivity index (χ2n) is 9.33. The third-order valence-corrected chi connectivity index (χ3v) is 6.26. The molecule has 33 heavy (non-hydrogen) atoms. The zero-order valence-electron chi connectivity index (χ0n) is 21.1. The van der Waals surface area contributed by atoms with Gasteiger partial charge in [0.15, 0.2) is 0 Å². The van der Waals surface area contributed by atoms with E-state index in [9.17, 15) is 0 Å². The van der Waals surface area contributed by atoms with Gasteiger partial charge in [-0.3, -0.25) is 0 Å². The SMILES string of the molecule is CCCC(COCCCCCCCCCCCCCCn1ccnc1)OCc1ccccc1. The Morgan fingerprint density at radius 2 is 1.45 bits per heavy atom. The molecule has 0 saturated heterocycles. The third-order valence-electron chi connectivity index (χ3n) is 6.26. The van der Waals surface area contributed by atoms with Crippen LogP contribution in [0.15, 0.2) is 49.1 Å². The molecule has 0 aliphatic heterocycles. The van der Waals surface area contributed by atoms with E-state index in [1.54, 1.807) is 0 Å². The number of hydrogen-bond donors (Lipinski definition) is 0. The molecule has 4 heteroatoms. The molecule has 1 aromatic heterocycles. The van der Waals surface area contributed by atoms with Crippen LogP contribution >= 0.6 is 0 Å². The van der Waals surface area contributed by atoms with Gasteiger partial charge in [0.2, 0.25) is 0 Å². The number of benzene rings is 1. The Morgan fingerprint density at radius 3 is 2.06 bits per heavy atom. The monoisotopic (exact) mass is 456 g/mol. The highest BCUT2D eigenvalue weighted by Crippen LogP contribution is 2.13. The van der Waals surface area contributed by atoms with Gasteiger partial charge in [-0.15, -0.1) is 0 Å². The molecule has 0 aliphatic carbocycles. The van der Waals surface area contributed by atoms with Crippen molar-refractivity contribution in [1.82, 2.24) is 9.55 Å². The van der Waals surface area contributed by atoms with Gasteiger partial charge in [0.25, 0.3) is 0 Å². The summed E-state index contributed by atoms with van der Waals surface area (Å²) in [6.07, 6.45) is 24.5. The van der Waals surface area contributed by atoms with Crippen LogP contribution in [0.5, 0.6) is 0 Å². The summed E-state index contributed by atoms with van der Waals surface area (Å²) in [5, 5.41) is 0. The smallest absolute Gasteiger partial charge is 0.0945 e. The van der Waals surface area contributed by atoms with Gasteiger partial charge >= 0.3 is 0 Å². The second kappa shape index (κ2) is 19.8. The Hall–Kier alpha value is -1.65. The summed E-state index contributed by atoms with van der Waals surface area (Å²) in [7, 11) is 0. The van der Waals surface area contributed by atoms with Gasteiger partial charge in [-0.2, -0.15) is 0 Å². The predicted octanol–water partition coefficient (Wildman–Crippen LogP) is 7.97. The first kappa shape index (κ1) is 27.6. The molecule has 2 rings (SSSR count). The minimum absolute atomic E-state index is 0.215. The number of nitrogens with zero attached hydrogens (tertiary/aromatic N) is 2. The molecule has 1 atom stereocenters. The third kappa shape index (κ3) is 15.0. The molecule has 1 unspecified atom stereocenters. The Morgan fingerprint density at radius 1 is 0.818 bits per heavy atom. The standard InChI is InChI=1S/C29H48N2O2/c1-2-18-29(33-25-28-19-14-13-15-20-28)26-32-24-17-12-10-8-6-4-3-5-7-9-11-16-22-31-23-21-30-27-31/h13-15,19-21,23,27,29H,2-12,16-18,22,24-26H2,1H3. The van der Waals surface area contributed by atoms with Gasteiger partial charge in [-0.25, -0.2) is 4.98 Å². The van der Waals surface area contributed by atoms with E-state index >= 15 is 0 Å². The average Bonchev–Trinajstić information content (AvgIpc) is 3.36. The van der Waals surface area contributed by atoms with Crippen LogP contribution in [-0.2, 0) is 22.6 Å². The van der Waals surface area contributed by atoms with Crippen molar-refractivity contribution >= 4 is 0 Å². The van der Waals surface area contributed by atoms with Gasteiger partial charge in [0, 0.05) is 25.5 Å². The molecule has 0 fully saturated rings. The van der Waals surface area contributed by atoms with E-state index in [2.05, 4.69) is 46.9 Å². The largest absolute Gasteiger partial charge is 0.379 e. The van der Waals surface area contributed by atoms with E-state index in [0.717, 1.165) is 32.6 Å². The quantitative estimate of drug-likeness (QED) is 0.169. The molecule has 186 valence electrons. The van der Waals surface area contributed by atoms with E-state index in [1.807, 2.05) is 18.6 Å². The highest BCUT2D eigenvalue weighted by atomic mass is 16.5. The molecule has 0 radical (unpaired) electrons. The predicted molar refractivity (Wildman–Crippen MR) is 138 cm³/mol. The molecule has 4 nitrogen and oxygen atoms in total. The lowest BCUT2D eigenvalue weighted by atomic mass is 10.1. The topological polar surface area (TPSA) is 36.3 Å². The van der Waals surface area contributed by atoms with Crippen molar-refractivity contribution in [3.63, 3.8) is 0 Å². The van der Waals surface area contributed by atoms with Crippen LogP contribution in [0, 0.1) is 0 Å². The molecular formula is C29H48N2O2. The fourth-order valence-electron chi connectivity index (χ4n) is 4.23. The van der Waals surface area contributed by atoms with Crippen LogP contribution < -0.4 is 0 Å². The number of unbranched alkanes of at least 4 members (excludes halogenated alkanes) is 11. The molecule has 0 aliphatic rings. The maximum absolute atomic E-state index is 6.07. The first-order chi connectivity index (χ1) is 16.4. The van der Waals surface area contributed by atoms with E-state index < -0.39 is 0 Å². The number of hydrogen-bond acceptors (Lipinski definition) is 3. The van der Waals surface area contributed by atoms with Gasteiger partial charge in [-0.05, 0) is 24.8 Å². The van der Waals surface area contributed by atoms with Crippen LogP contribution in [0.1, 0.15) is 102 Å². The lowest BCUT2D eigenvalue weighted by Crippen LogP contribution is -2.20. The zero-order chi connectivity index (χ0) is 23.2. The fourth-order valence-corrected chi connectivity index (χ4v) is 4.23. The van der Waals surface area contributed by atoms with Gasteiger partial charge in [-0.1, -0.05) is 108 Å². The normalized spacial score (nSPS) is 12.3. The first-order valence-electron chi connectivity index (χ1n) is 13.6. The van der Waals surface area contributed by atoms with Crippen LogP contribution in [0.2, 0.25) is 0 Å². The average molecular weight is 457 g/mol. The van der Waals surface area contributed by atoms with E-state index in [4.69, 9.17) is 9.47 Å². The summed E-state index contributed by atoms with van der Waals surface area (Å²) in [6.45, 7) is 5.61. The summed E-state index contributed by atoms with van der Waals surface area (Å²) in [6, 6.07) is 10.4. The molecule has 1 heterocycles. The van der Waals surface area contributed by atoms with Crippen molar-refractivity contribution in [1.29, 1.82) is 0 Å². The summed E-state index contributed by atoms with van der Waals surface area (Å²) >= 11 is 0. The Balaban J connectivity index is 1.30. The van der Waals surface area contributed by atoms with E-state index in [0.29, 0.717) is 6.61 Å². The highest BCUT2D eigenvalue weighted by Gasteiger charge is 2.08.